The fourth-order valence-corrected chi connectivity index (χ4v) is 1.41. The van der Waals surface area contributed by atoms with Gasteiger partial charge >= 0.3 is 0 Å². The zero-order valence-corrected chi connectivity index (χ0v) is 13.4. The lowest BCUT2D eigenvalue weighted by molar-refractivity contribution is -0.135. The molecule has 4 heteroatoms. The van der Waals surface area contributed by atoms with Crippen molar-refractivity contribution in [1.29, 1.82) is 0 Å². The molecule has 0 heterocycles. The predicted molar refractivity (Wildman–Crippen MR) is 84.8 cm³/mol. The van der Waals surface area contributed by atoms with Gasteiger partial charge in [0, 0.05) is 17.5 Å². The van der Waals surface area contributed by atoms with Crippen molar-refractivity contribution >= 4 is 18.0 Å². The Balaban J connectivity index is 4.30. The largest absolute Gasteiger partial charge is 0.352 e. The summed E-state index contributed by atoms with van der Waals surface area (Å²) in [5, 5.41) is 2.69. The Bertz CT molecular complexity index is 470. The molecule has 4 nitrogen and oxygen atoms in total. The minimum atomic E-state index is -0.757. The molecule has 0 fully saturated rings. The zero-order valence-electron chi connectivity index (χ0n) is 13.4. The second-order valence-corrected chi connectivity index (χ2v) is 5.62. The number of amides is 1. The van der Waals surface area contributed by atoms with E-state index in [4.69, 9.17) is 0 Å². The highest BCUT2D eigenvalue weighted by atomic mass is 16.2. The number of rotatable bonds is 9. The number of Topliss-reactive ketones (excluding diaryl/α,β-unsaturated/α-hetero) is 1. The van der Waals surface area contributed by atoms with E-state index in [2.05, 4.69) is 18.8 Å². The number of aldehydes is 1. The summed E-state index contributed by atoms with van der Waals surface area (Å²) in [7, 11) is 0. The standard InChI is InChI=1S/C17H25NO3/c1-6-13(2)8-7-9-14(3)16(21)18-11-10-17(4,5)15(20)12-19/h7-9,12H,3,6,10-11H2,1-2,4-5H3,(H,18,21)/b9-7-,13-8+. The Labute approximate surface area is 127 Å². The predicted octanol–water partition coefficient (Wildman–Crippen LogP) is 2.76. The molecule has 1 amide bonds. The Morgan fingerprint density at radius 1 is 1.29 bits per heavy atom. The van der Waals surface area contributed by atoms with Crippen molar-refractivity contribution in [2.24, 2.45) is 5.41 Å². The van der Waals surface area contributed by atoms with Gasteiger partial charge in [-0.05, 0) is 19.8 Å². The summed E-state index contributed by atoms with van der Waals surface area (Å²) in [5.74, 6) is -0.737. The van der Waals surface area contributed by atoms with E-state index >= 15 is 0 Å². The van der Waals surface area contributed by atoms with Crippen LogP contribution in [0.2, 0.25) is 0 Å². The average Bonchev–Trinajstić information content (AvgIpc) is 2.45. The van der Waals surface area contributed by atoms with Gasteiger partial charge in [-0.2, -0.15) is 0 Å². The molecule has 1 N–H and O–H groups in total. The van der Waals surface area contributed by atoms with Crippen LogP contribution >= 0.6 is 0 Å². The normalized spacial score (nSPS) is 12.3. The van der Waals surface area contributed by atoms with Crippen molar-refractivity contribution in [3.05, 3.63) is 36.0 Å². The van der Waals surface area contributed by atoms with E-state index in [9.17, 15) is 14.4 Å². The Morgan fingerprint density at radius 2 is 1.90 bits per heavy atom. The maximum Gasteiger partial charge on any atom is 0.250 e. The fourth-order valence-electron chi connectivity index (χ4n) is 1.41. The molecule has 0 aromatic carbocycles. The Kier molecular flexibility index (Phi) is 8.21. The first-order valence-corrected chi connectivity index (χ1v) is 7.05. The highest BCUT2D eigenvalue weighted by Gasteiger charge is 2.26. The molecule has 0 rings (SSSR count). The highest BCUT2D eigenvalue weighted by Crippen LogP contribution is 2.19. The van der Waals surface area contributed by atoms with Crippen LogP contribution in [0, 0.1) is 5.41 Å². The lowest BCUT2D eigenvalue weighted by Crippen LogP contribution is -2.32. The molecule has 0 aromatic heterocycles. The van der Waals surface area contributed by atoms with Gasteiger partial charge in [-0.15, -0.1) is 0 Å². The van der Waals surface area contributed by atoms with Gasteiger partial charge in [0.05, 0.1) is 0 Å². The number of ketones is 1. The van der Waals surface area contributed by atoms with Crippen LogP contribution < -0.4 is 5.32 Å². The molecule has 0 saturated carbocycles. The van der Waals surface area contributed by atoms with Crippen molar-refractivity contribution in [3.8, 4) is 0 Å². The molecule has 116 valence electrons. The van der Waals surface area contributed by atoms with E-state index in [1.165, 1.54) is 5.57 Å². The summed E-state index contributed by atoms with van der Waals surface area (Å²) in [4.78, 5) is 33.6. The van der Waals surface area contributed by atoms with Gasteiger partial charge < -0.3 is 5.32 Å². The monoisotopic (exact) mass is 291 g/mol. The fraction of sp³-hybridized carbons (Fsp3) is 0.471. The summed E-state index contributed by atoms with van der Waals surface area (Å²) >= 11 is 0. The van der Waals surface area contributed by atoms with Crippen molar-refractivity contribution in [3.63, 3.8) is 0 Å². The number of nitrogens with one attached hydrogen (secondary N) is 1. The average molecular weight is 291 g/mol. The van der Waals surface area contributed by atoms with Gasteiger partial charge in [-0.1, -0.05) is 51.2 Å². The SMILES string of the molecule is C=C(/C=C\C=C(/C)CC)C(=O)NCCC(C)(C)C(=O)C=O. The first-order chi connectivity index (χ1) is 9.74. The topological polar surface area (TPSA) is 63.2 Å². The molecule has 0 spiro atoms. The summed E-state index contributed by atoms with van der Waals surface area (Å²) in [5.41, 5.74) is 0.816. The molecule has 21 heavy (non-hydrogen) atoms. The second-order valence-electron chi connectivity index (χ2n) is 5.62. The van der Waals surface area contributed by atoms with Crippen LogP contribution in [0.3, 0.4) is 0 Å². The van der Waals surface area contributed by atoms with Crippen LogP contribution in [0.1, 0.15) is 40.5 Å². The van der Waals surface area contributed by atoms with E-state index in [0.29, 0.717) is 24.8 Å². The first kappa shape index (κ1) is 19.0. The van der Waals surface area contributed by atoms with Crippen molar-refractivity contribution < 1.29 is 14.4 Å². The van der Waals surface area contributed by atoms with Gasteiger partial charge in [0.15, 0.2) is 6.29 Å². The molecule has 0 radical (unpaired) electrons. The number of hydrogen-bond acceptors (Lipinski definition) is 3. The molecule has 0 saturated heterocycles. The third-order valence-corrected chi connectivity index (χ3v) is 3.34. The Morgan fingerprint density at radius 3 is 2.43 bits per heavy atom. The van der Waals surface area contributed by atoms with Crippen molar-refractivity contribution in [2.75, 3.05) is 6.54 Å². The molecule has 0 bridgehead atoms. The lowest BCUT2D eigenvalue weighted by atomic mass is 9.85. The lowest BCUT2D eigenvalue weighted by Gasteiger charge is -2.19. The maximum atomic E-state index is 11.8. The number of carbonyl (C=O) groups is 3. The van der Waals surface area contributed by atoms with E-state index in [1.807, 2.05) is 13.0 Å². The van der Waals surface area contributed by atoms with E-state index in [-0.39, 0.29) is 5.91 Å². The van der Waals surface area contributed by atoms with Crippen LogP contribution in [0.25, 0.3) is 0 Å². The van der Waals surface area contributed by atoms with E-state index < -0.39 is 11.2 Å². The second kappa shape index (κ2) is 9.06. The molecule has 0 aromatic rings. The third kappa shape index (κ3) is 7.40. The number of allylic oxidation sites excluding steroid dienone is 3. The Hall–Kier alpha value is -1.97. The minimum Gasteiger partial charge on any atom is -0.352 e. The van der Waals surface area contributed by atoms with Crippen molar-refractivity contribution in [2.45, 2.75) is 40.5 Å². The molecule has 0 unspecified atom stereocenters. The minimum absolute atomic E-state index is 0.275. The third-order valence-electron chi connectivity index (χ3n) is 3.34. The number of carbonyl (C=O) groups excluding carboxylic acids is 3. The quantitative estimate of drug-likeness (QED) is 0.307. The van der Waals surface area contributed by atoms with Crippen LogP contribution in [0.4, 0.5) is 0 Å². The summed E-state index contributed by atoms with van der Waals surface area (Å²) in [6, 6.07) is 0. The molecule has 0 aliphatic heterocycles. The van der Waals surface area contributed by atoms with Crippen LogP contribution in [-0.2, 0) is 14.4 Å². The maximum absolute atomic E-state index is 11.8. The van der Waals surface area contributed by atoms with Gasteiger partial charge in [-0.25, -0.2) is 0 Å². The van der Waals surface area contributed by atoms with Crippen LogP contribution in [0.15, 0.2) is 36.0 Å². The number of hydrogen-bond donors (Lipinski definition) is 1. The zero-order chi connectivity index (χ0) is 16.5. The molecule has 0 aliphatic rings. The molecular formula is C17H25NO3. The van der Waals surface area contributed by atoms with Crippen LogP contribution in [0.5, 0.6) is 0 Å². The first-order valence-electron chi connectivity index (χ1n) is 7.05. The molecular weight excluding hydrogens is 266 g/mol. The summed E-state index contributed by atoms with van der Waals surface area (Å²) in [6.07, 6.45) is 7.07. The smallest absolute Gasteiger partial charge is 0.250 e. The van der Waals surface area contributed by atoms with Gasteiger partial charge in [0.25, 0.3) is 5.91 Å². The highest BCUT2D eigenvalue weighted by molar-refractivity contribution is 6.27. The summed E-state index contributed by atoms with van der Waals surface area (Å²) in [6.45, 7) is 11.5. The van der Waals surface area contributed by atoms with Crippen molar-refractivity contribution in [1.82, 2.24) is 5.32 Å². The van der Waals surface area contributed by atoms with E-state index in [0.717, 1.165) is 6.42 Å². The van der Waals surface area contributed by atoms with Gasteiger partial charge in [0.1, 0.15) is 0 Å². The van der Waals surface area contributed by atoms with Gasteiger partial charge in [-0.3, -0.25) is 14.4 Å². The summed E-state index contributed by atoms with van der Waals surface area (Å²) < 4.78 is 0. The molecule has 0 aliphatic carbocycles. The van der Waals surface area contributed by atoms with Gasteiger partial charge in [0.2, 0.25) is 5.78 Å². The van der Waals surface area contributed by atoms with E-state index in [1.54, 1.807) is 26.0 Å². The molecule has 0 atom stereocenters. The van der Waals surface area contributed by atoms with Crippen LogP contribution in [-0.4, -0.2) is 24.5 Å².